The van der Waals surface area contributed by atoms with Crippen LogP contribution < -0.4 is 5.32 Å². The van der Waals surface area contributed by atoms with E-state index in [0.717, 1.165) is 4.90 Å². The highest BCUT2D eigenvalue weighted by Crippen LogP contribution is 2.19. The number of carbonyl (C=O) groups is 2. The summed E-state index contributed by atoms with van der Waals surface area (Å²) < 4.78 is 41.4. The third-order valence-electron chi connectivity index (χ3n) is 2.51. The molecular formula is C11H17F3N2O4. The molecule has 0 bridgehead atoms. The number of β-amino-alcohol motifs (C(OH)–C–C–N with tert-alkyl or cyclic N) is 1. The lowest BCUT2D eigenvalue weighted by atomic mass is 10.2. The minimum atomic E-state index is -5.03. The molecular weight excluding hydrogens is 281 g/mol. The number of ether oxygens (including phenoxy) is 1. The number of amides is 2. The number of hydrogen-bond acceptors (Lipinski definition) is 4. The van der Waals surface area contributed by atoms with E-state index in [0.29, 0.717) is 0 Å². The molecule has 116 valence electrons. The third-order valence-corrected chi connectivity index (χ3v) is 2.51. The van der Waals surface area contributed by atoms with Crippen molar-refractivity contribution in [1.29, 1.82) is 0 Å². The zero-order chi connectivity index (χ0) is 15.7. The summed E-state index contributed by atoms with van der Waals surface area (Å²) in [6.07, 6.45) is -7.05. The number of aliphatic hydroxyl groups excluding tert-OH is 1. The molecule has 1 aliphatic heterocycles. The van der Waals surface area contributed by atoms with Crippen LogP contribution in [0.4, 0.5) is 18.0 Å². The zero-order valence-electron chi connectivity index (χ0n) is 11.3. The molecule has 2 atom stereocenters. The number of nitrogens with one attached hydrogen (secondary N) is 1. The van der Waals surface area contributed by atoms with Gasteiger partial charge in [0.05, 0.1) is 18.7 Å². The van der Waals surface area contributed by atoms with E-state index >= 15 is 0 Å². The van der Waals surface area contributed by atoms with Crippen molar-refractivity contribution in [3.63, 3.8) is 0 Å². The van der Waals surface area contributed by atoms with Crippen LogP contribution >= 0.6 is 0 Å². The summed E-state index contributed by atoms with van der Waals surface area (Å²) in [6, 6.07) is -1.17. The van der Waals surface area contributed by atoms with Crippen molar-refractivity contribution in [2.24, 2.45) is 0 Å². The van der Waals surface area contributed by atoms with Crippen molar-refractivity contribution in [3.8, 4) is 0 Å². The molecule has 0 aromatic rings. The molecule has 1 heterocycles. The van der Waals surface area contributed by atoms with Crippen molar-refractivity contribution in [3.05, 3.63) is 0 Å². The Morgan fingerprint density at radius 1 is 1.25 bits per heavy atom. The molecule has 9 heteroatoms. The van der Waals surface area contributed by atoms with Crippen LogP contribution in [0, 0.1) is 0 Å². The maximum Gasteiger partial charge on any atom is 0.471 e. The summed E-state index contributed by atoms with van der Waals surface area (Å²) in [5.41, 5.74) is -0.755. The highest BCUT2D eigenvalue weighted by atomic mass is 19.4. The van der Waals surface area contributed by atoms with Crippen LogP contribution in [-0.2, 0) is 9.53 Å². The second kappa shape index (κ2) is 5.47. The van der Waals surface area contributed by atoms with Gasteiger partial charge in [0.15, 0.2) is 0 Å². The SMILES string of the molecule is CC(C)(C)OC(=O)N1C[C@H](NC(=O)C(F)(F)F)[C@@H](O)C1. The largest absolute Gasteiger partial charge is 0.471 e. The molecule has 0 aromatic carbocycles. The highest BCUT2D eigenvalue weighted by Gasteiger charge is 2.43. The minimum absolute atomic E-state index is 0.197. The van der Waals surface area contributed by atoms with E-state index in [1.165, 1.54) is 0 Å². The molecule has 0 unspecified atom stereocenters. The normalized spacial score (nSPS) is 23.6. The maximum atomic E-state index is 12.1. The second-order valence-corrected chi connectivity index (χ2v) is 5.53. The predicted molar refractivity (Wildman–Crippen MR) is 61.8 cm³/mol. The minimum Gasteiger partial charge on any atom is -0.444 e. The summed E-state index contributed by atoms with van der Waals surface area (Å²) in [5, 5.41) is 11.2. The summed E-state index contributed by atoms with van der Waals surface area (Å²) in [4.78, 5) is 23.5. The van der Waals surface area contributed by atoms with Crippen molar-refractivity contribution >= 4 is 12.0 Å². The van der Waals surface area contributed by atoms with Gasteiger partial charge in [-0.3, -0.25) is 4.79 Å². The van der Waals surface area contributed by atoms with E-state index in [-0.39, 0.29) is 13.1 Å². The molecule has 1 rings (SSSR count). The Balaban J connectivity index is 2.59. The first-order chi connectivity index (χ1) is 8.90. The van der Waals surface area contributed by atoms with Crippen molar-refractivity contribution in [1.82, 2.24) is 10.2 Å². The number of nitrogens with zero attached hydrogens (tertiary/aromatic N) is 1. The average Bonchev–Trinajstić information content (AvgIpc) is 2.56. The molecule has 1 saturated heterocycles. The topological polar surface area (TPSA) is 78.9 Å². The monoisotopic (exact) mass is 298 g/mol. The molecule has 0 spiro atoms. The van der Waals surface area contributed by atoms with E-state index in [4.69, 9.17) is 4.74 Å². The van der Waals surface area contributed by atoms with Crippen molar-refractivity contribution in [2.75, 3.05) is 13.1 Å². The summed E-state index contributed by atoms with van der Waals surface area (Å²) >= 11 is 0. The van der Waals surface area contributed by atoms with E-state index in [9.17, 15) is 27.9 Å². The zero-order valence-corrected chi connectivity index (χ0v) is 11.3. The van der Waals surface area contributed by atoms with Crippen LogP contribution in [0.25, 0.3) is 0 Å². The fourth-order valence-corrected chi connectivity index (χ4v) is 1.65. The van der Waals surface area contributed by atoms with Crippen LogP contribution in [0.2, 0.25) is 0 Å². The molecule has 0 saturated carbocycles. The van der Waals surface area contributed by atoms with Crippen LogP contribution in [0.5, 0.6) is 0 Å². The van der Waals surface area contributed by atoms with Gasteiger partial charge in [-0.2, -0.15) is 13.2 Å². The lowest BCUT2D eigenvalue weighted by Crippen LogP contribution is -2.48. The first-order valence-electron chi connectivity index (χ1n) is 5.94. The van der Waals surface area contributed by atoms with Gasteiger partial charge in [0.2, 0.25) is 0 Å². The Morgan fingerprint density at radius 2 is 1.80 bits per heavy atom. The smallest absolute Gasteiger partial charge is 0.444 e. The van der Waals surface area contributed by atoms with E-state index in [2.05, 4.69) is 0 Å². The standard InChI is InChI=1S/C11H17F3N2O4/c1-10(2,3)20-9(19)16-4-6(7(17)5-16)15-8(18)11(12,13)14/h6-7,17H,4-5H2,1-3H3,(H,15,18)/t6-,7-/m0/s1. The van der Waals surface area contributed by atoms with Gasteiger partial charge in [-0.25, -0.2) is 4.79 Å². The molecule has 6 nitrogen and oxygen atoms in total. The summed E-state index contributed by atoms with van der Waals surface area (Å²) in [5.74, 6) is -2.15. The number of likely N-dealkylation sites (tertiary alicyclic amines) is 1. The lowest BCUT2D eigenvalue weighted by molar-refractivity contribution is -0.174. The fraction of sp³-hybridized carbons (Fsp3) is 0.818. The number of alkyl halides is 3. The number of aliphatic hydroxyl groups is 1. The Kier molecular flexibility index (Phi) is 4.52. The van der Waals surface area contributed by atoms with Gasteiger partial charge in [-0.05, 0) is 20.8 Å². The van der Waals surface area contributed by atoms with Gasteiger partial charge in [0.25, 0.3) is 0 Å². The first kappa shape index (κ1) is 16.5. The summed E-state index contributed by atoms with van der Waals surface area (Å²) in [7, 11) is 0. The molecule has 1 aliphatic rings. The Hall–Kier alpha value is -1.51. The molecule has 0 radical (unpaired) electrons. The highest BCUT2D eigenvalue weighted by molar-refractivity contribution is 5.82. The molecule has 20 heavy (non-hydrogen) atoms. The molecule has 1 fully saturated rings. The van der Waals surface area contributed by atoms with Crippen LogP contribution in [0.3, 0.4) is 0 Å². The quantitative estimate of drug-likeness (QED) is 0.745. The Morgan fingerprint density at radius 3 is 2.25 bits per heavy atom. The second-order valence-electron chi connectivity index (χ2n) is 5.53. The van der Waals surface area contributed by atoms with E-state index in [1.54, 1.807) is 26.1 Å². The molecule has 2 amide bonds. The fourth-order valence-electron chi connectivity index (χ4n) is 1.65. The predicted octanol–water partition coefficient (Wildman–Crippen LogP) is 0.645. The van der Waals surface area contributed by atoms with Gasteiger partial charge >= 0.3 is 18.2 Å². The number of carbonyl (C=O) groups excluding carboxylic acids is 2. The molecule has 0 aliphatic carbocycles. The van der Waals surface area contributed by atoms with Gasteiger partial charge in [0.1, 0.15) is 5.60 Å². The first-order valence-corrected chi connectivity index (χ1v) is 5.94. The number of halogens is 3. The number of hydrogen-bond donors (Lipinski definition) is 2. The van der Waals surface area contributed by atoms with Crippen LogP contribution in [0.15, 0.2) is 0 Å². The van der Waals surface area contributed by atoms with Crippen LogP contribution in [-0.4, -0.2) is 59.0 Å². The van der Waals surface area contributed by atoms with Gasteiger partial charge < -0.3 is 20.1 Å². The number of rotatable bonds is 1. The molecule has 0 aromatic heterocycles. The Bertz CT molecular complexity index is 392. The van der Waals surface area contributed by atoms with Crippen molar-refractivity contribution < 1.29 is 32.6 Å². The van der Waals surface area contributed by atoms with Gasteiger partial charge in [-0.15, -0.1) is 0 Å². The molecule has 2 N–H and O–H groups in total. The summed E-state index contributed by atoms with van der Waals surface area (Å²) in [6.45, 7) is 4.48. The van der Waals surface area contributed by atoms with E-state index < -0.39 is 35.9 Å². The lowest BCUT2D eigenvalue weighted by Gasteiger charge is -2.24. The Labute approximate surface area is 113 Å². The van der Waals surface area contributed by atoms with Gasteiger partial charge in [-0.1, -0.05) is 0 Å². The van der Waals surface area contributed by atoms with Crippen LogP contribution in [0.1, 0.15) is 20.8 Å². The third kappa shape index (κ3) is 4.55. The van der Waals surface area contributed by atoms with Crippen molar-refractivity contribution in [2.45, 2.75) is 44.7 Å². The maximum absolute atomic E-state index is 12.1. The van der Waals surface area contributed by atoms with Gasteiger partial charge in [0, 0.05) is 6.54 Å². The average molecular weight is 298 g/mol. The van der Waals surface area contributed by atoms with E-state index in [1.807, 2.05) is 0 Å².